The van der Waals surface area contributed by atoms with Crippen LogP contribution in [-0.2, 0) is 17.8 Å². The van der Waals surface area contributed by atoms with Gasteiger partial charge < -0.3 is 19.7 Å². The molecule has 1 amide bonds. The number of para-hydroxylation sites is 1. The van der Waals surface area contributed by atoms with Crippen molar-refractivity contribution < 1.29 is 19.4 Å². The lowest BCUT2D eigenvalue weighted by atomic mass is 10.0. The number of allylic oxidation sites excluding steroid dienone is 1. The molecule has 1 atom stereocenters. The van der Waals surface area contributed by atoms with Gasteiger partial charge in [0.05, 0.1) is 10.6 Å². The Kier molecular flexibility index (Phi) is 5.27. The van der Waals surface area contributed by atoms with Gasteiger partial charge in [-0.05, 0) is 35.9 Å². The summed E-state index contributed by atoms with van der Waals surface area (Å²) in [5.41, 5.74) is 2.04. The molecule has 0 radical (unpaired) electrons. The minimum absolute atomic E-state index is 0.159. The predicted molar refractivity (Wildman–Crippen MR) is 111 cm³/mol. The molecule has 4 bridgehead atoms. The molecule has 1 aromatic heterocycles. The van der Waals surface area contributed by atoms with Crippen molar-refractivity contribution in [1.29, 1.82) is 0 Å². The van der Waals surface area contributed by atoms with Crippen molar-refractivity contribution >= 4 is 34.4 Å². The van der Waals surface area contributed by atoms with Crippen LogP contribution in [0, 0.1) is 0 Å². The number of carbonyl (C=O) groups excluding carboxylic acids is 1. The fourth-order valence-electron chi connectivity index (χ4n) is 3.46. The molecule has 1 aliphatic rings. The summed E-state index contributed by atoms with van der Waals surface area (Å²) in [5, 5.41) is 13.5. The van der Waals surface area contributed by atoms with E-state index in [1.54, 1.807) is 12.1 Å². The molecule has 0 spiro atoms. The van der Waals surface area contributed by atoms with E-state index in [0.29, 0.717) is 18.9 Å². The molecule has 0 unspecified atom stereocenters. The van der Waals surface area contributed by atoms with Gasteiger partial charge in [-0.1, -0.05) is 35.9 Å². The summed E-state index contributed by atoms with van der Waals surface area (Å²) < 4.78 is 7.73. The lowest BCUT2D eigenvalue weighted by molar-refractivity contribution is -0.139. The van der Waals surface area contributed by atoms with Crippen LogP contribution in [0.4, 0.5) is 0 Å². The number of benzene rings is 2. The van der Waals surface area contributed by atoms with Crippen LogP contribution < -0.4 is 10.1 Å². The molecule has 0 fully saturated rings. The summed E-state index contributed by atoms with van der Waals surface area (Å²) in [6.07, 6.45) is 5.99. The number of halogens is 1. The van der Waals surface area contributed by atoms with Crippen molar-refractivity contribution in [2.75, 3.05) is 6.61 Å². The van der Waals surface area contributed by atoms with Gasteiger partial charge in [0.1, 0.15) is 18.4 Å². The Morgan fingerprint density at radius 1 is 1.21 bits per heavy atom. The fourth-order valence-corrected chi connectivity index (χ4v) is 3.66. The Morgan fingerprint density at radius 3 is 2.86 bits per heavy atom. The summed E-state index contributed by atoms with van der Waals surface area (Å²) in [4.78, 5) is 24.6. The summed E-state index contributed by atoms with van der Waals surface area (Å²) in [7, 11) is 0. The Labute approximate surface area is 172 Å². The second kappa shape index (κ2) is 8.01. The number of nitrogens with one attached hydrogen (secondary N) is 1. The predicted octanol–water partition coefficient (Wildman–Crippen LogP) is 3.67. The van der Waals surface area contributed by atoms with Gasteiger partial charge in [-0.3, -0.25) is 4.79 Å². The van der Waals surface area contributed by atoms with Crippen LogP contribution in [0.3, 0.4) is 0 Å². The molecule has 29 heavy (non-hydrogen) atoms. The van der Waals surface area contributed by atoms with Crippen LogP contribution in [0.2, 0.25) is 5.02 Å². The third-order valence-corrected chi connectivity index (χ3v) is 5.23. The van der Waals surface area contributed by atoms with E-state index >= 15 is 0 Å². The monoisotopic (exact) mass is 410 g/mol. The van der Waals surface area contributed by atoms with E-state index < -0.39 is 17.9 Å². The summed E-state index contributed by atoms with van der Waals surface area (Å²) >= 11 is 6.16. The largest absolute Gasteiger partial charge is 0.490 e. The number of carboxylic acid groups (broad SMARTS) is 1. The normalized spacial score (nSPS) is 18.2. The van der Waals surface area contributed by atoms with Crippen molar-refractivity contribution in [1.82, 2.24) is 9.88 Å². The first-order chi connectivity index (χ1) is 14.0. The molecule has 3 aromatic rings. The summed E-state index contributed by atoms with van der Waals surface area (Å²) in [6, 6.07) is 11.5. The number of nitrogens with zero attached hydrogens (tertiary/aromatic N) is 1. The van der Waals surface area contributed by atoms with Gasteiger partial charge in [0.2, 0.25) is 0 Å². The Hall–Kier alpha value is -3.25. The maximum absolute atomic E-state index is 12.7. The van der Waals surface area contributed by atoms with E-state index in [1.165, 1.54) is 6.07 Å². The van der Waals surface area contributed by atoms with E-state index in [0.717, 1.165) is 16.5 Å². The molecule has 2 aromatic carbocycles. The van der Waals surface area contributed by atoms with Crippen molar-refractivity contribution in [3.63, 3.8) is 0 Å². The standard InChI is InChI=1S/C22H19ClN2O4/c23-18-8-7-15-12-17(18)21(26)24-19(22(27)28)11-14-13-25(9-3-4-10-29-15)20-6-2-1-5-16(14)20/h1-8,12-13,19H,9-11H2,(H,24,26)(H,27,28)/b4-3+/t19-/m0/s1. The third-order valence-electron chi connectivity index (χ3n) is 4.90. The lowest BCUT2D eigenvalue weighted by Gasteiger charge is -2.15. The number of carbonyl (C=O) groups is 2. The quantitative estimate of drug-likeness (QED) is 0.600. The third kappa shape index (κ3) is 3.98. The van der Waals surface area contributed by atoms with Gasteiger partial charge in [0.15, 0.2) is 0 Å². The highest BCUT2D eigenvalue weighted by Crippen LogP contribution is 2.25. The zero-order chi connectivity index (χ0) is 20.4. The van der Waals surface area contributed by atoms with Crippen molar-refractivity contribution in [3.05, 3.63) is 77.0 Å². The highest BCUT2D eigenvalue weighted by molar-refractivity contribution is 6.34. The van der Waals surface area contributed by atoms with Gasteiger partial charge >= 0.3 is 5.97 Å². The van der Waals surface area contributed by atoms with Crippen molar-refractivity contribution in [2.45, 2.75) is 19.0 Å². The second-order valence-corrected chi connectivity index (χ2v) is 7.22. The first-order valence-corrected chi connectivity index (χ1v) is 9.58. The fraction of sp³-hybridized carbons (Fsp3) is 0.182. The first-order valence-electron chi connectivity index (χ1n) is 9.20. The smallest absolute Gasteiger partial charge is 0.326 e. The second-order valence-electron chi connectivity index (χ2n) is 6.82. The zero-order valence-corrected chi connectivity index (χ0v) is 16.2. The maximum atomic E-state index is 12.7. The number of aliphatic carboxylic acids is 1. The van der Waals surface area contributed by atoms with Gasteiger partial charge in [0.25, 0.3) is 5.91 Å². The van der Waals surface area contributed by atoms with Crippen LogP contribution in [0.25, 0.3) is 10.9 Å². The SMILES string of the molecule is O=C1N[C@H](C(=O)O)Cc2cn(c3ccccc23)C/C=C/COc2ccc(Cl)c1c2. The average molecular weight is 411 g/mol. The number of carboxylic acids is 1. The molecule has 148 valence electrons. The molecule has 0 aliphatic carbocycles. The topological polar surface area (TPSA) is 80.6 Å². The number of ether oxygens (including phenoxy) is 1. The molecular weight excluding hydrogens is 392 g/mol. The number of fused-ring (bicyclic) bond motifs is 7. The Bertz CT molecular complexity index is 1120. The molecule has 2 N–H and O–H groups in total. The molecule has 2 heterocycles. The number of aromatic nitrogens is 1. The number of rotatable bonds is 1. The number of amides is 1. The molecule has 0 saturated heterocycles. The minimum atomic E-state index is -1.11. The molecule has 7 heteroatoms. The summed E-state index contributed by atoms with van der Waals surface area (Å²) in [6.45, 7) is 0.965. The van der Waals surface area contributed by atoms with Crippen molar-refractivity contribution in [3.8, 4) is 5.75 Å². The zero-order valence-electron chi connectivity index (χ0n) is 15.5. The molecule has 4 rings (SSSR count). The lowest BCUT2D eigenvalue weighted by Crippen LogP contribution is -2.42. The Balaban J connectivity index is 1.77. The van der Waals surface area contributed by atoms with Gasteiger partial charge in [-0.25, -0.2) is 4.79 Å². The number of hydrogen-bond acceptors (Lipinski definition) is 3. The van der Waals surface area contributed by atoms with Gasteiger partial charge in [-0.15, -0.1) is 0 Å². The first kappa shape index (κ1) is 19.1. The van der Waals surface area contributed by atoms with Gasteiger partial charge in [-0.2, -0.15) is 0 Å². The van der Waals surface area contributed by atoms with Crippen LogP contribution in [0.5, 0.6) is 5.75 Å². The molecule has 6 nitrogen and oxygen atoms in total. The van der Waals surface area contributed by atoms with Crippen molar-refractivity contribution in [2.24, 2.45) is 0 Å². The van der Waals surface area contributed by atoms with Gasteiger partial charge in [0, 0.05) is 30.1 Å². The highest BCUT2D eigenvalue weighted by atomic mass is 35.5. The van der Waals surface area contributed by atoms with Crippen LogP contribution in [0.1, 0.15) is 15.9 Å². The van der Waals surface area contributed by atoms with E-state index in [9.17, 15) is 14.7 Å². The van der Waals surface area contributed by atoms with E-state index in [4.69, 9.17) is 16.3 Å². The minimum Gasteiger partial charge on any atom is -0.490 e. The summed E-state index contributed by atoms with van der Waals surface area (Å²) in [5.74, 6) is -1.18. The highest BCUT2D eigenvalue weighted by Gasteiger charge is 2.24. The number of hydrogen-bond donors (Lipinski definition) is 2. The van der Waals surface area contributed by atoms with Crippen LogP contribution in [0.15, 0.2) is 60.8 Å². The van der Waals surface area contributed by atoms with Crippen LogP contribution in [-0.4, -0.2) is 34.2 Å². The van der Waals surface area contributed by atoms with E-state index in [-0.39, 0.29) is 17.0 Å². The van der Waals surface area contributed by atoms with E-state index in [2.05, 4.69) is 9.88 Å². The average Bonchev–Trinajstić information content (AvgIpc) is 3.05. The van der Waals surface area contributed by atoms with E-state index in [1.807, 2.05) is 42.6 Å². The van der Waals surface area contributed by atoms with Crippen LogP contribution >= 0.6 is 11.6 Å². The molecular formula is C22H19ClN2O4. The Morgan fingerprint density at radius 2 is 2.03 bits per heavy atom. The molecule has 1 aliphatic heterocycles. The maximum Gasteiger partial charge on any atom is 0.326 e. The molecule has 0 saturated carbocycles.